The second kappa shape index (κ2) is 5.37. The molecule has 0 bridgehead atoms. The number of hydrogen-bond acceptors (Lipinski definition) is 5. The van der Waals surface area contributed by atoms with Gasteiger partial charge in [-0.1, -0.05) is 0 Å². The number of phenolic OH excluding ortho intramolecular Hbond substituents is 2. The highest BCUT2D eigenvalue weighted by Gasteiger charge is 2.03. The smallest absolute Gasteiger partial charge is 0.336 e. The van der Waals surface area contributed by atoms with E-state index in [-0.39, 0.29) is 11.5 Å². The van der Waals surface area contributed by atoms with Crippen molar-refractivity contribution in [2.75, 3.05) is 0 Å². The fourth-order valence-corrected chi connectivity index (χ4v) is 2.18. The predicted molar refractivity (Wildman–Crippen MR) is 84.2 cm³/mol. The Morgan fingerprint density at radius 3 is 2.73 bits per heavy atom. The number of nitrogens with zero attached hydrogens (tertiary/aromatic N) is 1. The van der Waals surface area contributed by atoms with Crippen molar-refractivity contribution in [3.05, 3.63) is 64.0 Å². The Balaban J connectivity index is 2.02. The lowest BCUT2D eigenvalue weighted by molar-refractivity contribution is 0.459. The Hall–Kier alpha value is -3.08. The van der Waals surface area contributed by atoms with E-state index in [9.17, 15) is 15.0 Å². The van der Waals surface area contributed by atoms with Crippen LogP contribution in [0.3, 0.4) is 0 Å². The molecule has 3 aromatic rings. The molecule has 22 heavy (non-hydrogen) atoms. The van der Waals surface area contributed by atoms with Crippen LogP contribution in [0.1, 0.15) is 11.1 Å². The third-order valence-corrected chi connectivity index (χ3v) is 3.30. The van der Waals surface area contributed by atoms with Crippen molar-refractivity contribution in [3.63, 3.8) is 0 Å². The molecule has 110 valence electrons. The van der Waals surface area contributed by atoms with Crippen molar-refractivity contribution < 1.29 is 14.6 Å². The molecule has 0 spiro atoms. The third-order valence-electron chi connectivity index (χ3n) is 3.30. The van der Waals surface area contributed by atoms with E-state index in [1.807, 2.05) is 13.0 Å². The molecule has 1 heterocycles. The molecule has 0 fully saturated rings. The van der Waals surface area contributed by atoms with Crippen LogP contribution in [0.4, 0.5) is 5.69 Å². The largest absolute Gasteiger partial charge is 0.508 e. The molecular formula is C17H13NO4. The van der Waals surface area contributed by atoms with E-state index in [1.165, 1.54) is 30.5 Å². The zero-order valence-electron chi connectivity index (χ0n) is 11.8. The first kappa shape index (κ1) is 13.9. The molecule has 5 heteroatoms. The number of benzene rings is 2. The third kappa shape index (κ3) is 2.69. The summed E-state index contributed by atoms with van der Waals surface area (Å²) in [7, 11) is 0. The summed E-state index contributed by atoms with van der Waals surface area (Å²) >= 11 is 0. The van der Waals surface area contributed by atoms with E-state index in [0.29, 0.717) is 16.8 Å². The molecule has 2 aromatic carbocycles. The lowest BCUT2D eigenvalue weighted by Crippen LogP contribution is -1.97. The van der Waals surface area contributed by atoms with Crippen LogP contribution < -0.4 is 5.63 Å². The van der Waals surface area contributed by atoms with Gasteiger partial charge in [0.15, 0.2) is 0 Å². The van der Waals surface area contributed by atoms with Crippen molar-refractivity contribution in [2.45, 2.75) is 6.92 Å². The first-order valence-corrected chi connectivity index (χ1v) is 6.63. The second-order valence-electron chi connectivity index (χ2n) is 4.93. The summed E-state index contributed by atoms with van der Waals surface area (Å²) in [4.78, 5) is 15.6. The summed E-state index contributed by atoms with van der Waals surface area (Å²) in [5.74, 6) is 0.0594. The highest BCUT2D eigenvalue weighted by molar-refractivity contribution is 5.88. The monoisotopic (exact) mass is 295 g/mol. The van der Waals surface area contributed by atoms with Gasteiger partial charge in [-0.05, 0) is 42.8 Å². The number of aryl methyl sites for hydroxylation is 1. The number of hydrogen-bond donors (Lipinski definition) is 2. The van der Waals surface area contributed by atoms with Gasteiger partial charge in [-0.3, -0.25) is 4.99 Å². The predicted octanol–water partition coefficient (Wildman–Crippen LogP) is 3.26. The number of fused-ring (bicyclic) bond motifs is 1. The van der Waals surface area contributed by atoms with Crippen LogP contribution in [0.5, 0.6) is 11.5 Å². The zero-order chi connectivity index (χ0) is 15.7. The van der Waals surface area contributed by atoms with E-state index in [0.717, 1.165) is 10.9 Å². The van der Waals surface area contributed by atoms with Crippen LogP contribution in [0, 0.1) is 6.92 Å². The molecule has 0 amide bonds. The van der Waals surface area contributed by atoms with Crippen LogP contribution in [0.2, 0.25) is 0 Å². The van der Waals surface area contributed by atoms with Crippen molar-refractivity contribution in [1.82, 2.24) is 0 Å². The molecule has 3 rings (SSSR count). The summed E-state index contributed by atoms with van der Waals surface area (Å²) in [5, 5.41) is 20.0. The minimum absolute atomic E-state index is 0.0183. The van der Waals surface area contributed by atoms with Crippen LogP contribution >= 0.6 is 0 Å². The summed E-state index contributed by atoms with van der Waals surface area (Å²) in [6, 6.07) is 10.9. The SMILES string of the molecule is Cc1cc(=O)oc2cc(N=Cc3cc(O)ccc3O)ccc12. The van der Waals surface area contributed by atoms with Crippen LogP contribution in [0.25, 0.3) is 11.0 Å². The van der Waals surface area contributed by atoms with Gasteiger partial charge in [0.2, 0.25) is 0 Å². The normalized spacial score (nSPS) is 11.3. The average Bonchev–Trinajstić information content (AvgIpc) is 2.47. The molecule has 0 saturated carbocycles. The summed E-state index contributed by atoms with van der Waals surface area (Å²) in [6.45, 7) is 1.84. The van der Waals surface area contributed by atoms with Gasteiger partial charge in [0.05, 0.1) is 5.69 Å². The van der Waals surface area contributed by atoms with E-state index in [2.05, 4.69) is 4.99 Å². The molecule has 0 aliphatic carbocycles. The van der Waals surface area contributed by atoms with Crippen LogP contribution in [-0.4, -0.2) is 16.4 Å². The number of aliphatic imine (C=N–C) groups is 1. The maximum absolute atomic E-state index is 11.4. The Morgan fingerprint density at radius 1 is 1.09 bits per heavy atom. The highest BCUT2D eigenvalue weighted by Crippen LogP contribution is 2.24. The Kier molecular flexibility index (Phi) is 3.39. The molecule has 0 aliphatic heterocycles. The number of phenols is 2. The van der Waals surface area contributed by atoms with E-state index < -0.39 is 5.63 Å². The number of aromatic hydroxyl groups is 2. The van der Waals surface area contributed by atoms with Crippen LogP contribution in [0.15, 0.2) is 56.7 Å². The minimum Gasteiger partial charge on any atom is -0.508 e. The van der Waals surface area contributed by atoms with Gasteiger partial charge < -0.3 is 14.6 Å². The van der Waals surface area contributed by atoms with Crippen molar-refractivity contribution in [1.29, 1.82) is 0 Å². The molecule has 0 unspecified atom stereocenters. The zero-order valence-corrected chi connectivity index (χ0v) is 11.8. The van der Waals surface area contributed by atoms with Gasteiger partial charge in [-0.2, -0.15) is 0 Å². The fraction of sp³-hybridized carbons (Fsp3) is 0.0588. The van der Waals surface area contributed by atoms with E-state index in [4.69, 9.17) is 4.42 Å². The summed E-state index contributed by atoms with van der Waals surface area (Å²) in [5.41, 5.74) is 1.86. The molecule has 0 radical (unpaired) electrons. The Morgan fingerprint density at radius 2 is 1.91 bits per heavy atom. The molecule has 0 aliphatic rings. The molecule has 1 aromatic heterocycles. The summed E-state index contributed by atoms with van der Waals surface area (Å²) < 4.78 is 5.16. The maximum atomic E-state index is 11.4. The number of rotatable bonds is 2. The maximum Gasteiger partial charge on any atom is 0.336 e. The Labute approximate surface area is 125 Å². The molecular weight excluding hydrogens is 282 g/mol. The van der Waals surface area contributed by atoms with Gasteiger partial charge in [0.25, 0.3) is 0 Å². The van der Waals surface area contributed by atoms with Gasteiger partial charge in [0, 0.05) is 29.3 Å². The first-order valence-electron chi connectivity index (χ1n) is 6.63. The first-order chi connectivity index (χ1) is 10.5. The Bertz CT molecular complexity index is 941. The molecule has 0 saturated heterocycles. The van der Waals surface area contributed by atoms with Gasteiger partial charge >= 0.3 is 5.63 Å². The second-order valence-corrected chi connectivity index (χ2v) is 4.93. The lowest BCUT2D eigenvalue weighted by Gasteiger charge is -2.02. The fourth-order valence-electron chi connectivity index (χ4n) is 2.18. The molecule has 2 N–H and O–H groups in total. The average molecular weight is 295 g/mol. The van der Waals surface area contributed by atoms with E-state index >= 15 is 0 Å². The van der Waals surface area contributed by atoms with Crippen molar-refractivity contribution in [2.24, 2.45) is 4.99 Å². The van der Waals surface area contributed by atoms with Gasteiger partial charge in [-0.15, -0.1) is 0 Å². The standard InChI is InChI=1S/C17H13NO4/c1-10-6-17(21)22-16-8-12(2-4-14(10)16)18-9-11-7-13(19)3-5-15(11)20/h2-9,19-20H,1H3. The molecule has 0 atom stereocenters. The molecule has 5 nitrogen and oxygen atoms in total. The van der Waals surface area contributed by atoms with E-state index in [1.54, 1.807) is 12.1 Å². The topological polar surface area (TPSA) is 83.0 Å². The quantitative estimate of drug-likeness (QED) is 0.432. The van der Waals surface area contributed by atoms with Crippen molar-refractivity contribution >= 4 is 22.9 Å². The van der Waals surface area contributed by atoms with Crippen molar-refractivity contribution in [3.8, 4) is 11.5 Å². The van der Waals surface area contributed by atoms with Crippen LogP contribution in [-0.2, 0) is 0 Å². The highest BCUT2D eigenvalue weighted by atomic mass is 16.4. The lowest BCUT2D eigenvalue weighted by atomic mass is 10.1. The minimum atomic E-state index is -0.406. The van der Waals surface area contributed by atoms with Gasteiger partial charge in [-0.25, -0.2) is 4.79 Å². The van der Waals surface area contributed by atoms with Gasteiger partial charge in [0.1, 0.15) is 17.1 Å². The summed E-state index contributed by atoms with van der Waals surface area (Å²) in [6.07, 6.45) is 1.43.